The molecule has 13 heavy (non-hydrogen) atoms. The Hall–Kier alpha value is -1.79. The van der Waals surface area contributed by atoms with Gasteiger partial charge in [-0.3, -0.25) is 5.41 Å². The van der Waals surface area contributed by atoms with E-state index < -0.39 is 0 Å². The van der Waals surface area contributed by atoms with E-state index >= 15 is 0 Å². The molecule has 0 aromatic heterocycles. The van der Waals surface area contributed by atoms with Crippen LogP contribution in [-0.2, 0) is 0 Å². The first-order valence-corrected chi connectivity index (χ1v) is 3.87. The Morgan fingerprint density at radius 1 is 1.46 bits per heavy atom. The minimum absolute atomic E-state index is 0.0522. The number of nitrogens with two attached hydrogens (primary N) is 2. The zero-order valence-corrected chi connectivity index (χ0v) is 7.17. The molecule has 5 N–H and O–H groups in total. The second-order valence-corrected chi connectivity index (χ2v) is 2.50. The number of hydrogen-bond acceptors (Lipinski definition) is 2. The molecule has 0 amide bonds. The molecule has 0 saturated carbocycles. The number of nitrogen functional groups attached to an aromatic ring is 1. The van der Waals surface area contributed by atoms with Crippen molar-refractivity contribution in [2.75, 3.05) is 6.54 Å². The van der Waals surface area contributed by atoms with Crippen molar-refractivity contribution in [3.05, 3.63) is 35.4 Å². The lowest BCUT2D eigenvalue weighted by atomic mass is 10.1. The van der Waals surface area contributed by atoms with Gasteiger partial charge in [0.15, 0.2) is 0 Å². The van der Waals surface area contributed by atoms with Crippen molar-refractivity contribution in [1.29, 1.82) is 5.41 Å². The highest BCUT2D eigenvalue weighted by Gasteiger charge is 1.95. The van der Waals surface area contributed by atoms with E-state index in [1.54, 1.807) is 12.1 Å². The number of amidine groups is 1. The first kappa shape index (κ1) is 9.30. The van der Waals surface area contributed by atoms with Gasteiger partial charge in [0.1, 0.15) is 5.84 Å². The van der Waals surface area contributed by atoms with Crippen LogP contribution < -0.4 is 11.5 Å². The molecular formula is C10H11N3. The molecule has 1 rings (SSSR count). The van der Waals surface area contributed by atoms with Crippen LogP contribution in [-0.4, -0.2) is 12.4 Å². The fourth-order valence-electron chi connectivity index (χ4n) is 0.918. The second-order valence-electron chi connectivity index (χ2n) is 2.50. The van der Waals surface area contributed by atoms with Crippen LogP contribution >= 0.6 is 0 Å². The maximum Gasteiger partial charge on any atom is 0.122 e. The van der Waals surface area contributed by atoms with E-state index in [1.165, 1.54) is 0 Å². The predicted molar refractivity (Wildman–Crippen MR) is 53.4 cm³/mol. The second kappa shape index (κ2) is 4.29. The van der Waals surface area contributed by atoms with Gasteiger partial charge in [-0.1, -0.05) is 24.0 Å². The number of hydrogen-bond donors (Lipinski definition) is 3. The SMILES string of the molecule is N=C(N)c1cccc(C#CCN)c1. The van der Waals surface area contributed by atoms with E-state index in [1.807, 2.05) is 12.1 Å². The molecule has 0 aliphatic heterocycles. The standard InChI is InChI=1S/C10H11N3/c11-6-2-4-8-3-1-5-9(7-8)10(12)13/h1,3,5,7H,6,11H2,(H3,12,13). The van der Waals surface area contributed by atoms with Crippen molar-refractivity contribution in [3.8, 4) is 11.8 Å². The van der Waals surface area contributed by atoms with Crippen molar-refractivity contribution in [2.45, 2.75) is 0 Å². The Morgan fingerprint density at radius 3 is 2.85 bits per heavy atom. The summed E-state index contributed by atoms with van der Waals surface area (Å²) in [4.78, 5) is 0. The van der Waals surface area contributed by atoms with Crippen LogP contribution in [0.15, 0.2) is 24.3 Å². The molecule has 66 valence electrons. The summed E-state index contributed by atoms with van der Waals surface area (Å²) in [6, 6.07) is 7.22. The third-order valence-electron chi connectivity index (χ3n) is 1.51. The van der Waals surface area contributed by atoms with Crippen molar-refractivity contribution in [1.82, 2.24) is 0 Å². The molecule has 0 saturated heterocycles. The van der Waals surface area contributed by atoms with Gasteiger partial charge in [0.25, 0.3) is 0 Å². The molecule has 0 unspecified atom stereocenters. The van der Waals surface area contributed by atoms with Crippen LogP contribution in [0.3, 0.4) is 0 Å². The Morgan fingerprint density at radius 2 is 2.23 bits per heavy atom. The van der Waals surface area contributed by atoms with Gasteiger partial charge < -0.3 is 11.5 Å². The van der Waals surface area contributed by atoms with Gasteiger partial charge in [0, 0.05) is 11.1 Å². The van der Waals surface area contributed by atoms with Crippen molar-refractivity contribution >= 4 is 5.84 Å². The van der Waals surface area contributed by atoms with Crippen molar-refractivity contribution < 1.29 is 0 Å². The lowest BCUT2D eigenvalue weighted by Gasteiger charge is -1.97. The van der Waals surface area contributed by atoms with E-state index in [9.17, 15) is 0 Å². The van der Waals surface area contributed by atoms with Gasteiger partial charge >= 0.3 is 0 Å². The molecular weight excluding hydrogens is 162 g/mol. The average molecular weight is 173 g/mol. The van der Waals surface area contributed by atoms with Crippen LogP contribution in [0.25, 0.3) is 0 Å². The minimum Gasteiger partial charge on any atom is -0.384 e. The molecule has 1 aromatic rings. The predicted octanol–water partition coefficient (Wildman–Crippen LogP) is 0.281. The third kappa shape index (κ3) is 2.62. The number of rotatable bonds is 1. The first-order chi connectivity index (χ1) is 6.24. The molecule has 3 nitrogen and oxygen atoms in total. The normalized spacial score (nSPS) is 8.69. The molecule has 3 heteroatoms. The van der Waals surface area contributed by atoms with Gasteiger partial charge in [-0.2, -0.15) is 0 Å². The highest BCUT2D eigenvalue weighted by atomic mass is 14.7. The van der Waals surface area contributed by atoms with Crippen LogP contribution in [0.5, 0.6) is 0 Å². The van der Waals surface area contributed by atoms with Crippen LogP contribution in [0.4, 0.5) is 0 Å². The summed E-state index contributed by atoms with van der Waals surface area (Å²) in [6.07, 6.45) is 0. The van der Waals surface area contributed by atoms with Gasteiger partial charge in [0.2, 0.25) is 0 Å². The van der Waals surface area contributed by atoms with E-state index in [2.05, 4.69) is 11.8 Å². The Labute approximate surface area is 77.3 Å². The number of nitrogens with one attached hydrogen (secondary N) is 1. The quantitative estimate of drug-likeness (QED) is 0.324. The molecule has 0 heterocycles. The van der Waals surface area contributed by atoms with Crippen molar-refractivity contribution in [3.63, 3.8) is 0 Å². The highest BCUT2D eigenvalue weighted by molar-refractivity contribution is 5.95. The molecule has 0 radical (unpaired) electrons. The summed E-state index contributed by atoms with van der Waals surface area (Å²) < 4.78 is 0. The van der Waals surface area contributed by atoms with Crippen molar-refractivity contribution in [2.24, 2.45) is 11.5 Å². The fourth-order valence-corrected chi connectivity index (χ4v) is 0.918. The smallest absolute Gasteiger partial charge is 0.122 e. The van der Waals surface area contributed by atoms with E-state index in [4.69, 9.17) is 16.9 Å². The highest BCUT2D eigenvalue weighted by Crippen LogP contribution is 2.02. The zero-order chi connectivity index (χ0) is 9.68. The largest absolute Gasteiger partial charge is 0.384 e. The maximum atomic E-state index is 7.21. The van der Waals surface area contributed by atoms with Gasteiger partial charge in [-0.15, -0.1) is 0 Å². The summed E-state index contributed by atoms with van der Waals surface area (Å²) in [5.41, 5.74) is 12.1. The lowest BCUT2D eigenvalue weighted by Crippen LogP contribution is -2.10. The molecule has 0 bridgehead atoms. The van der Waals surface area contributed by atoms with E-state index in [-0.39, 0.29) is 5.84 Å². The lowest BCUT2D eigenvalue weighted by molar-refractivity contribution is 1.30. The van der Waals surface area contributed by atoms with Crippen LogP contribution in [0.2, 0.25) is 0 Å². The number of benzene rings is 1. The molecule has 0 fully saturated rings. The first-order valence-electron chi connectivity index (χ1n) is 3.87. The summed E-state index contributed by atoms with van der Waals surface area (Å²) in [7, 11) is 0. The zero-order valence-electron chi connectivity index (χ0n) is 7.17. The molecule has 0 spiro atoms. The topological polar surface area (TPSA) is 75.9 Å². The van der Waals surface area contributed by atoms with Gasteiger partial charge in [-0.25, -0.2) is 0 Å². The van der Waals surface area contributed by atoms with E-state index in [0.29, 0.717) is 12.1 Å². The Bertz CT molecular complexity index is 371. The van der Waals surface area contributed by atoms with Gasteiger partial charge in [-0.05, 0) is 12.1 Å². The summed E-state index contributed by atoms with van der Waals surface area (Å²) in [6.45, 7) is 0.338. The minimum atomic E-state index is 0.0522. The molecule has 0 atom stereocenters. The van der Waals surface area contributed by atoms with Crippen LogP contribution in [0, 0.1) is 17.3 Å². The maximum absolute atomic E-state index is 7.21. The summed E-state index contributed by atoms with van der Waals surface area (Å²) in [5.74, 6) is 5.66. The fraction of sp³-hybridized carbons (Fsp3) is 0.100. The Kier molecular flexibility index (Phi) is 3.07. The molecule has 1 aromatic carbocycles. The third-order valence-corrected chi connectivity index (χ3v) is 1.51. The molecule has 0 aliphatic carbocycles. The molecule has 0 aliphatic rings. The summed E-state index contributed by atoms with van der Waals surface area (Å²) >= 11 is 0. The van der Waals surface area contributed by atoms with E-state index in [0.717, 1.165) is 5.56 Å². The van der Waals surface area contributed by atoms with Gasteiger partial charge in [0.05, 0.1) is 6.54 Å². The Balaban J connectivity index is 2.98. The monoisotopic (exact) mass is 173 g/mol. The summed E-state index contributed by atoms with van der Waals surface area (Å²) in [5, 5.41) is 7.21. The average Bonchev–Trinajstić information content (AvgIpc) is 2.15. The van der Waals surface area contributed by atoms with Crippen LogP contribution in [0.1, 0.15) is 11.1 Å².